The van der Waals surface area contributed by atoms with E-state index < -0.39 is 15.6 Å². The monoisotopic (exact) mass is 354 g/mol. The second-order valence-electron chi connectivity index (χ2n) is 6.30. The summed E-state index contributed by atoms with van der Waals surface area (Å²) >= 11 is 5.97. The topological polar surface area (TPSA) is 49.4 Å². The molecule has 1 heterocycles. The molecule has 1 aliphatic heterocycles. The van der Waals surface area contributed by atoms with E-state index in [1.807, 2.05) is 6.92 Å². The molecule has 0 unspecified atom stereocenters. The molecule has 6 heteroatoms. The van der Waals surface area contributed by atoms with Crippen molar-refractivity contribution in [2.24, 2.45) is 0 Å². The highest BCUT2D eigenvalue weighted by molar-refractivity contribution is 7.96. The molecule has 1 fully saturated rings. The molecule has 1 N–H and O–H groups in total. The number of likely N-dealkylation sites (N-methyl/N-ethyl adjacent to an activating group) is 1. The molecule has 0 atom stereocenters. The number of hydrogen-bond acceptors (Lipinski definition) is 3. The van der Waals surface area contributed by atoms with E-state index in [0.29, 0.717) is 17.3 Å². The Kier molecular flexibility index (Phi) is 4.72. The molecule has 0 amide bonds. The van der Waals surface area contributed by atoms with E-state index >= 15 is 0 Å². The van der Waals surface area contributed by atoms with E-state index in [9.17, 15) is 8.42 Å². The summed E-state index contributed by atoms with van der Waals surface area (Å²) in [5, 5.41) is 5.40. The maximum absolute atomic E-state index is 12.9. The summed E-state index contributed by atoms with van der Waals surface area (Å²) < 4.78 is 27.4. The SMILES string of the molecule is CCNCC1=CS(=O)(=O)N(c2ccc(Cl)cc2)C12CCCCC2. The normalized spacial score (nSPS) is 22.3. The van der Waals surface area contributed by atoms with Gasteiger partial charge in [-0.05, 0) is 49.2 Å². The minimum Gasteiger partial charge on any atom is -0.313 e. The second kappa shape index (κ2) is 6.46. The fraction of sp³-hybridized carbons (Fsp3) is 0.529. The van der Waals surface area contributed by atoms with Gasteiger partial charge in [-0.3, -0.25) is 4.31 Å². The summed E-state index contributed by atoms with van der Waals surface area (Å²) in [6.07, 6.45) is 5.05. The van der Waals surface area contributed by atoms with E-state index in [4.69, 9.17) is 11.6 Å². The van der Waals surface area contributed by atoms with Gasteiger partial charge in [-0.1, -0.05) is 37.8 Å². The van der Waals surface area contributed by atoms with Crippen LogP contribution in [-0.2, 0) is 10.0 Å². The number of anilines is 1. The van der Waals surface area contributed by atoms with Crippen molar-refractivity contribution >= 4 is 27.3 Å². The lowest BCUT2D eigenvalue weighted by Crippen LogP contribution is -2.51. The van der Waals surface area contributed by atoms with Crippen LogP contribution in [-0.4, -0.2) is 27.0 Å². The summed E-state index contributed by atoms with van der Waals surface area (Å²) in [5.41, 5.74) is 1.29. The lowest BCUT2D eigenvalue weighted by molar-refractivity contribution is 0.343. The van der Waals surface area contributed by atoms with Crippen molar-refractivity contribution in [2.75, 3.05) is 17.4 Å². The van der Waals surface area contributed by atoms with Crippen LogP contribution in [0.4, 0.5) is 5.69 Å². The van der Waals surface area contributed by atoms with Crippen molar-refractivity contribution in [3.8, 4) is 0 Å². The van der Waals surface area contributed by atoms with E-state index in [0.717, 1.165) is 37.8 Å². The third kappa shape index (κ3) is 3.02. The zero-order valence-corrected chi connectivity index (χ0v) is 15.0. The Labute approximate surface area is 143 Å². The van der Waals surface area contributed by atoms with Gasteiger partial charge in [0.1, 0.15) is 0 Å². The lowest BCUT2D eigenvalue weighted by Gasteiger charge is -2.43. The smallest absolute Gasteiger partial charge is 0.258 e. The fourth-order valence-corrected chi connectivity index (χ4v) is 5.91. The Balaban J connectivity index is 2.07. The van der Waals surface area contributed by atoms with Gasteiger partial charge < -0.3 is 5.32 Å². The molecule has 4 nitrogen and oxygen atoms in total. The van der Waals surface area contributed by atoms with Gasteiger partial charge in [-0.15, -0.1) is 0 Å². The van der Waals surface area contributed by atoms with Crippen LogP contribution in [0, 0.1) is 0 Å². The summed E-state index contributed by atoms with van der Waals surface area (Å²) in [6, 6.07) is 7.12. The molecule has 2 aliphatic rings. The molecule has 1 aromatic carbocycles. The molecule has 1 spiro atoms. The Morgan fingerprint density at radius 2 is 1.83 bits per heavy atom. The summed E-state index contributed by atoms with van der Waals surface area (Å²) in [7, 11) is -3.45. The van der Waals surface area contributed by atoms with Gasteiger partial charge in [-0.25, -0.2) is 8.42 Å². The third-order valence-electron chi connectivity index (χ3n) is 4.84. The van der Waals surface area contributed by atoms with Crippen molar-refractivity contribution in [3.63, 3.8) is 0 Å². The fourth-order valence-electron chi connectivity index (χ4n) is 3.81. The Hall–Kier alpha value is -1.04. The first-order valence-electron chi connectivity index (χ1n) is 8.22. The minimum atomic E-state index is -3.45. The van der Waals surface area contributed by atoms with Crippen molar-refractivity contribution in [2.45, 2.75) is 44.6 Å². The summed E-state index contributed by atoms with van der Waals surface area (Å²) in [5.74, 6) is 0. The van der Waals surface area contributed by atoms with Crippen molar-refractivity contribution in [1.82, 2.24) is 5.32 Å². The zero-order chi connectivity index (χ0) is 16.5. The molecule has 1 aliphatic carbocycles. The first-order valence-corrected chi connectivity index (χ1v) is 10.1. The molecular weight excluding hydrogens is 332 g/mol. The Morgan fingerprint density at radius 3 is 2.43 bits per heavy atom. The quantitative estimate of drug-likeness (QED) is 0.897. The first kappa shape index (κ1) is 16.8. The highest BCUT2D eigenvalue weighted by atomic mass is 35.5. The Bertz CT molecular complexity index is 692. The highest BCUT2D eigenvalue weighted by Crippen LogP contribution is 2.48. The second-order valence-corrected chi connectivity index (χ2v) is 8.37. The van der Waals surface area contributed by atoms with E-state index in [-0.39, 0.29) is 0 Å². The van der Waals surface area contributed by atoms with E-state index in [2.05, 4.69) is 5.32 Å². The van der Waals surface area contributed by atoms with Crippen LogP contribution in [0.2, 0.25) is 5.02 Å². The van der Waals surface area contributed by atoms with Crippen LogP contribution in [0.1, 0.15) is 39.0 Å². The predicted octanol–water partition coefficient (Wildman–Crippen LogP) is 3.69. The minimum absolute atomic E-state index is 0.410. The van der Waals surface area contributed by atoms with Gasteiger partial charge in [0.25, 0.3) is 10.0 Å². The molecule has 0 saturated heterocycles. The molecule has 1 saturated carbocycles. The number of rotatable bonds is 4. The predicted molar refractivity (Wildman–Crippen MR) is 95.3 cm³/mol. The third-order valence-corrected chi connectivity index (χ3v) is 6.74. The molecule has 0 radical (unpaired) electrons. The summed E-state index contributed by atoms with van der Waals surface area (Å²) in [6.45, 7) is 3.49. The van der Waals surface area contributed by atoms with Crippen molar-refractivity contribution < 1.29 is 8.42 Å². The maximum atomic E-state index is 12.9. The van der Waals surface area contributed by atoms with Crippen LogP contribution in [0.5, 0.6) is 0 Å². The van der Waals surface area contributed by atoms with Crippen LogP contribution in [0.3, 0.4) is 0 Å². The number of sulfonamides is 1. The standard InChI is InChI=1S/C17H23ClN2O2S/c1-2-19-12-14-13-23(21,22)20(16-8-6-15(18)7-9-16)17(14)10-4-3-5-11-17/h6-9,13,19H,2-5,10-12H2,1H3. The Morgan fingerprint density at radius 1 is 1.17 bits per heavy atom. The van der Waals surface area contributed by atoms with Gasteiger partial charge >= 0.3 is 0 Å². The van der Waals surface area contributed by atoms with Gasteiger partial charge in [0.05, 0.1) is 16.6 Å². The molecular formula is C17H23ClN2O2S. The molecule has 23 heavy (non-hydrogen) atoms. The number of hydrogen-bond donors (Lipinski definition) is 1. The van der Waals surface area contributed by atoms with Crippen LogP contribution in [0.15, 0.2) is 35.2 Å². The van der Waals surface area contributed by atoms with Crippen molar-refractivity contribution in [1.29, 1.82) is 0 Å². The van der Waals surface area contributed by atoms with E-state index in [1.54, 1.807) is 28.6 Å². The maximum Gasteiger partial charge on any atom is 0.258 e. The summed E-state index contributed by atoms with van der Waals surface area (Å²) in [4.78, 5) is 0. The first-order chi connectivity index (χ1) is 11.0. The molecule has 1 aromatic rings. The van der Waals surface area contributed by atoms with Crippen LogP contribution < -0.4 is 9.62 Å². The number of benzene rings is 1. The average molecular weight is 355 g/mol. The van der Waals surface area contributed by atoms with Gasteiger partial charge in [0, 0.05) is 11.6 Å². The number of nitrogens with one attached hydrogen (secondary N) is 1. The molecule has 0 bridgehead atoms. The average Bonchev–Trinajstić information content (AvgIpc) is 2.74. The van der Waals surface area contributed by atoms with Crippen LogP contribution >= 0.6 is 11.6 Å². The van der Waals surface area contributed by atoms with Crippen molar-refractivity contribution in [3.05, 3.63) is 40.3 Å². The lowest BCUT2D eigenvalue weighted by atomic mass is 9.76. The van der Waals surface area contributed by atoms with Crippen LogP contribution in [0.25, 0.3) is 0 Å². The highest BCUT2D eigenvalue weighted by Gasteiger charge is 2.51. The number of nitrogens with zero attached hydrogens (tertiary/aromatic N) is 1. The largest absolute Gasteiger partial charge is 0.313 e. The van der Waals surface area contributed by atoms with Gasteiger partial charge in [0.2, 0.25) is 0 Å². The van der Waals surface area contributed by atoms with Gasteiger partial charge in [0.15, 0.2) is 0 Å². The molecule has 3 rings (SSSR count). The zero-order valence-electron chi connectivity index (χ0n) is 13.4. The number of halogens is 1. The van der Waals surface area contributed by atoms with E-state index in [1.165, 1.54) is 11.8 Å². The van der Waals surface area contributed by atoms with Gasteiger partial charge in [-0.2, -0.15) is 0 Å². The molecule has 126 valence electrons. The molecule has 0 aromatic heterocycles.